The highest BCUT2D eigenvalue weighted by atomic mass is 16.6. The van der Waals surface area contributed by atoms with E-state index < -0.39 is 0 Å². The Morgan fingerprint density at radius 1 is 1.37 bits per heavy atom. The summed E-state index contributed by atoms with van der Waals surface area (Å²) in [5.41, 5.74) is 0.768. The molecular formula is C14H21N3O2. The highest BCUT2D eigenvalue weighted by Gasteiger charge is 2.22. The van der Waals surface area contributed by atoms with Crippen LogP contribution in [0.15, 0.2) is 12.3 Å². The molecule has 0 radical (unpaired) electrons. The maximum atomic E-state index is 11.1. The molecule has 1 aliphatic rings. The van der Waals surface area contributed by atoms with E-state index in [1.165, 1.54) is 19.3 Å². The van der Waals surface area contributed by atoms with E-state index in [1.807, 2.05) is 0 Å². The van der Waals surface area contributed by atoms with Gasteiger partial charge >= 0.3 is 5.69 Å². The molecule has 2 rings (SSSR count). The highest BCUT2D eigenvalue weighted by molar-refractivity contribution is 5.60. The van der Waals surface area contributed by atoms with Gasteiger partial charge in [0, 0.05) is 17.8 Å². The van der Waals surface area contributed by atoms with Crippen molar-refractivity contribution >= 4 is 11.5 Å². The van der Waals surface area contributed by atoms with Gasteiger partial charge in [0.15, 0.2) is 0 Å². The van der Waals surface area contributed by atoms with E-state index >= 15 is 0 Å². The Kier molecular flexibility index (Phi) is 4.35. The molecule has 0 aromatic carbocycles. The maximum Gasteiger partial charge on any atom is 0.314 e. The number of nitrogens with zero attached hydrogens (tertiary/aromatic N) is 2. The second-order valence-electron chi connectivity index (χ2n) is 5.54. The van der Waals surface area contributed by atoms with Crippen LogP contribution in [0.25, 0.3) is 0 Å². The molecule has 0 saturated heterocycles. The Morgan fingerprint density at radius 2 is 2.16 bits per heavy atom. The molecule has 1 N–H and O–H groups in total. The van der Waals surface area contributed by atoms with Crippen molar-refractivity contribution in [2.24, 2.45) is 5.92 Å². The molecule has 19 heavy (non-hydrogen) atoms. The average Bonchev–Trinajstić information content (AvgIpc) is 2.54. The van der Waals surface area contributed by atoms with Crippen LogP contribution < -0.4 is 5.32 Å². The molecule has 2 unspecified atom stereocenters. The highest BCUT2D eigenvalue weighted by Crippen LogP contribution is 2.29. The minimum atomic E-state index is -0.343. The number of pyridine rings is 1. The van der Waals surface area contributed by atoms with E-state index in [-0.39, 0.29) is 10.6 Å². The predicted octanol–water partition coefficient (Wildman–Crippen LogP) is 3.68. The maximum absolute atomic E-state index is 11.1. The summed E-state index contributed by atoms with van der Waals surface area (Å²) in [5.74, 6) is 1.18. The number of hydrogen-bond acceptors (Lipinski definition) is 4. The van der Waals surface area contributed by atoms with Gasteiger partial charge in [0.1, 0.15) is 0 Å². The molecule has 1 heterocycles. The van der Waals surface area contributed by atoms with Gasteiger partial charge < -0.3 is 5.32 Å². The summed E-state index contributed by atoms with van der Waals surface area (Å²) in [6.07, 6.45) is 7.37. The third-order valence-electron chi connectivity index (χ3n) is 3.91. The van der Waals surface area contributed by atoms with Crippen molar-refractivity contribution in [2.45, 2.75) is 52.0 Å². The van der Waals surface area contributed by atoms with Crippen LogP contribution in [0, 0.1) is 23.0 Å². The van der Waals surface area contributed by atoms with Crippen LogP contribution in [0.2, 0.25) is 0 Å². The van der Waals surface area contributed by atoms with Crippen LogP contribution in [-0.2, 0) is 0 Å². The van der Waals surface area contributed by atoms with Gasteiger partial charge in [-0.25, -0.2) is 4.98 Å². The van der Waals surface area contributed by atoms with Crippen LogP contribution in [0.1, 0.15) is 44.6 Å². The van der Waals surface area contributed by atoms with Crippen LogP contribution >= 0.6 is 0 Å². The number of nitro groups is 1. The Hall–Kier alpha value is -1.65. The van der Waals surface area contributed by atoms with Gasteiger partial charge in [0.05, 0.1) is 4.92 Å². The summed E-state index contributed by atoms with van der Waals surface area (Å²) in [4.78, 5) is 14.9. The molecule has 0 amide bonds. The van der Waals surface area contributed by atoms with Crippen molar-refractivity contribution in [1.29, 1.82) is 0 Å². The standard InChI is InChI=1S/C14H21N3O2/c1-10-4-3-5-12(7-6-10)16-14-13(17(18)19)11(2)8-9-15-14/h8-10,12H,3-7H2,1-2H3,(H,15,16). The van der Waals surface area contributed by atoms with Crippen molar-refractivity contribution in [3.8, 4) is 0 Å². The lowest BCUT2D eigenvalue weighted by Gasteiger charge is -2.17. The Morgan fingerprint density at radius 3 is 2.89 bits per heavy atom. The van der Waals surface area contributed by atoms with Crippen LogP contribution in [0.3, 0.4) is 0 Å². The van der Waals surface area contributed by atoms with Crippen LogP contribution in [0.5, 0.6) is 0 Å². The molecular weight excluding hydrogens is 242 g/mol. The minimum Gasteiger partial charge on any atom is -0.362 e. The predicted molar refractivity (Wildman–Crippen MR) is 75.3 cm³/mol. The second-order valence-corrected chi connectivity index (χ2v) is 5.54. The van der Waals surface area contributed by atoms with Crippen molar-refractivity contribution < 1.29 is 4.92 Å². The number of hydrogen-bond donors (Lipinski definition) is 1. The fourth-order valence-corrected chi connectivity index (χ4v) is 2.71. The first-order valence-corrected chi connectivity index (χ1v) is 6.94. The van der Waals surface area contributed by atoms with E-state index in [0.717, 1.165) is 18.8 Å². The van der Waals surface area contributed by atoms with Crippen LogP contribution in [-0.4, -0.2) is 15.9 Å². The molecule has 1 fully saturated rings. The molecule has 104 valence electrons. The molecule has 2 atom stereocenters. The third-order valence-corrected chi connectivity index (χ3v) is 3.91. The minimum absolute atomic E-state index is 0.111. The molecule has 1 aromatic rings. The molecule has 0 spiro atoms. The second kappa shape index (κ2) is 5.99. The van der Waals surface area contributed by atoms with Crippen molar-refractivity contribution in [2.75, 3.05) is 5.32 Å². The fraction of sp³-hybridized carbons (Fsp3) is 0.643. The molecule has 1 aromatic heterocycles. The van der Waals surface area contributed by atoms with E-state index in [1.54, 1.807) is 19.2 Å². The smallest absolute Gasteiger partial charge is 0.314 e. The third kappa shape index (κ3) is 3.43. The Labute approximate surface area is 113 Å². The zero-order chi connectivity index (χ0) is 13.8. The summed E-state index contributed by atoms with van der Waals surface area (Å²) in [6.45, 7) is 4.02. The lowest BCUT2D eigenvalue weighted by Crippen LogP contribution is -2.20. The summed E-state index contributed by atoms with van der Waals surface area (Å²) >= 11 is 0. The van der Waals surface area contributed by atoms with E-state index in [0.29, 0.717) is 17.4 Å². The molecule has 1 aliphatic carbocycles. The van der Waals surface area contributed by atoms with Gasteiger partial charge in [-0.15, -0.1) is 0 Å². The van der Waals surface area contributed by atoms with Crippen molar-refractivity contribution in [3.63, 3.8) is 0 Å². The van der Waals surface area contributed by atoms with Gasteiger partial charge in [-0.1, -0.05) is 19.8 Å². The van der Waals surface area contributed by atoms with E-state index in [4.69, 9.17) is 0 Å². The van der Waals surface area contributed by atoms with Gasteiger partial charge in [0.2, 0.25) is 5.82 Å². The van der Waals surface area contributed by atoms with Crippen LogP contribution in [0.4, 0.5) is 11.5 Å². The SMILES string of the molecule is Cc1ccnc(NC2CCCC(C)CC2)c1[N+](=O)[O-]. The first-order valence-electron chi connectivity index (χ1n) is 6.94. The lowest BCUT2D eigenvalue weighted by atomic mass is 10.0. The molecule has 1 saturated carbocycles. The van der Waals surface area contributed by atoms with Crippen molar-refractivity contribution in [1.82, 2.24) is 4.98 Å². The first-order chi connectivity index (χ1) is 9.08. The molecule has 5 heteroatoms. The lowest BCUT2D eigenvalue weighted by molar-refractivity contribution is -0.384. The normalized spacial score (nSPS) is 23.7. The molecule has 0 bridgehead atoms. The quantitative estimate of drug-likeness (QED) is 0.513. The van der Waals surface area contributed by atoms with Crippen molar-refractivity contribution in [3.05, 3.63) is 27.9 Å². The number of anilines is 1. The summed E-state index contributed by atoms with van der Waals surface area (Å²) < 4.78 is 0. The Bertz CT molecular complexity index is 462. The molecule has 0 aliphatic heterocycles. The van der Waals surface area contributed by atoms with Gasteiger partial charge in [-0.05, 0) is 38.2 Å². The Balaban J connectivity index is 2.14. The van der Waals surface area contributed by atoms with E-state index in [9.17, 15) is 10.1 Å². The summed E-state index contributed by atoms with van der Waals surface area (Å²) in [6, 6.07) is 1.98. The average molecular weight is 263 g/mol. The topological polar surface area (TPSA) is 68.1 Å². The largest absolute Gasteiger partial charge is 0.362 e. The monoisotopic (exact) mass is 263 g/mol. The first kappa shape index (κ1) is 13.8. The van der Waals surface area contributed by atoms with Gasteiger partial charge in [-0.2, -0.15) is 0 Å². The van der Waals surface area contributed by atoms with Gasteiger partial charge in [-0.3, -0.25) is 10.1 Å². The number of aryl methyl sites for hydroxylation is 1. The van der Waals surface area contributed by atoms with Gasteiger partial charge in [0.25, 0.3) is 0 Å². The summed E-state index contributed by atoms with van der Waals surface area (Å²) in [7, 11) is 0. The molecule has 5 nitrogen and oxygen atoms in total. The number of rotatable bonds is 3. The zero-order valence-corrected chi connectivity index (χ0v) is 11.6. The number of nitrogens with one attached hydrogen (secondary N) is 1. The number of aromatic nitrogens is 1. The summed E-state index contributed by atoms with van der Waals surface area (Å²) in [5, 5.41) is 14.4. The van der Waals surface area contributed by atoms with E-state index in [2.05, 4.69) is 17.2 Å². The zero-order valence-electron chi connectivity index (χ0n) is 11.6. The fourth-order valence-electron chi connectivity index (χ4n) is 2.71.